The van der Waals surface area contributed by atoms with E-state index >= 15 is 0 Å². The molecule has 0 atom stereocenters. The molecule has 34 heavy (non-hydrogen) atoms. The molecular weight excluding hydrogens is 446 g/mol. The molecule has 0 saturated carbocycles. The molecule has 4 rings (SSSR count). The highest BCUT2D eigenvalue weighted by Gasteiger charge is 2.23. The molecule has 6 nitrogen and oxygen atoms in total. The first kappa shape index (κ1) is 24.0. The standard InChI is InChI=1S/C27H32N3O3S/c1-5-29(6-2)19-13-15-21-24(17-19)33-25-18-20(30(7-3)8-4)14-16-22(25)27(21)23-11-9-10-12-26(23)34(28,31)32/h9-18H,5-8H2,1-4H3,(H2,28,31,32)/q+1. The lowest BCUT2D eigenvalue weighted by atomic mass is 9.93. The summed E-state index contributed by atoms with van der Waals surface area (Å²) in [6, 6.07) is 19.1. The van der Waals surface area contributed by atoms with Crippen molar-refractivity contribution in [2.45, 2.75) is 32.6 Å². The van der Waals surface area contributed by atoms with E-state index in [-0.39, 0.29) is 4.90 Å². The molecule has 0 amide bonds. The van der Waals surface area contributed by atoms with Crippen LogP contribution in [-0.2, 0) is 10.0 Å². The van der Waals surface area contributed by atoms with Gasteiger partial charge in [-0.05, 0) is 52.0 Å². The van der Waals surface area contributed by atoms with Gasteiger partial charge in [-0.1, -0.05) is 18.2 Å². The van der Waals surface area contributed by atoms with Crippen molar-refractivity contribution < 1.29 is 12.8 Å². The molecule has 1 heterocycles. The predicted octanol–water partition coefficient (Wildman–Crippen LogP) is 4.51. The maximum Gasteiger partial charge on any atom is 0.238 e. The fourth-order valence-electron chi connectivity index (χ4n) is 4.65. The molecule has 0 radical (unpaired) electrons. The number of sulfonamides is 1. The average Bonchev–Trinajstić information content (AvgIpc) is 2.83. The first-order valence-electron chi connectivity index (χ1n) is 11.8. The van der Waals surface area contributed by atoms with Crippen LogP contribution in [0, 0.1) is 0 Å². The van der Waals surface area contributed by atoms with Crippen molar-refractivity contribution in [3.8, 4) is 22.5 Å². The van der Waals surface area contributed by atoms with Crippen molar-refractivity contribution >= 4 is 26.7 Å². The van der Waals surface area contributed by atoms with Gasteiger partial charge in [0.1, 0.15) is 24.4 Å². The SMILES string of the molecule is CCN(CC)c1ccc2c(-c3ccccc3S(N)(=O)=O)c3ccc(=[N+](CC)CC)cc-3oc2c1. The molecule has 7 heteroatoms. The lowest BCUT2D eigenvalue weighted by molar-refractivity contribution is 0.597. The zero-order chi connectivity index (χ0) is 24.5. The molecule has 0 aromatic heterocycles. The van der Waals surface area contributed by atoms with E-state index in [0.29, 0.717) is 16.9 Å². The quantitative estimate of drug-likeness (QED) is 0.313. The number of anilines is 1. The average molecular weight is 479 g/mol. The highest BCUT2D eigenvalue weighted by atomic mass is 32.2. The molecule has 2 aliphatic rings. The summed E-state index contributed by atoms with van der Waals surface area (Å²) < 4.78 is 33.7. The van der Waals surface area contributed by atoms with Gasteiger partial charge in [-0.3, -0.25) is 0 Å². The van der Waals surface area contributed by atoms with Gasteiger partial charge in [0, 0.05) is 53.0 Å². The molecule has 0 bridgehead atoms. The highest BCUT2D eigenvalue weighted by Crippen LogP contribution is 2.42. The summed E-state index contributed by atoms with van der Waals surface area (Å²) in [4.78, 5) is 2.35. The Bertz CT molecular complexity index is 1480. The summed E-state index contributed by atoms with van der Waals surface area (Å²) in [5.41, 5.74) is 3.98. The monoisotopic (exact) mass is 478 g/mol. The minimum Gasteiger partial charge on any atom is -0.456 e. The zero-order valence-electron chi connectivity index (χ0n) is 20.2. The number of fused-ring (bicyclic) bond motifs is 2. The van der Waals surface area contributed by atoms with Crippen molar-refractivity contribution in [3.05, 3.63) is 66.0 Å². The van der Waals surface area contributed by atoms with Gasteiger partial charge < -0.3 is 9.32 Å². The van der Waals surface area contributed by atoms with Gasteiger partial charge in [0.2, 0.25) is 15.4 Å². The van der Waals surface area contributed by atoms with E-state index in [4.69, 9.17) is 9.56 Å². The van der Waals surface area contributed by atoms with Crippen LogP contribution in [0.15, 0.2) is 70.0 Å². The van der Waals surface area contributed by atoms with Crippen LogP contribution >= 0.6 is 0 Å². The molecule has 0 saturated heterocycles. The Hall–Kier alpha value is -3.16. The van der Waals surface area contributed by atoms with Gasteiger partial charge >= 0.3 is 0 Å². The second-order valence-electron chi connectivity index (χ2n) is 8.22. The third-order valence-electron chi connectivity index (χ3n) is 6.41. The Morgan fingerprint density at radius 3 is 2.24 bits per heavy atom. The smallest absolute Gasteiger partial charge is 0.238 e. The highest BCUT2D eigenvalue weighted by molar-refractivity contribution is 7.89. The van der Waals surface area contributed by atoms with E-state index in [2.05, 4.69) is 49.3 Å². The van der Waals surface area contributed by atoms with Crippen LogP contribution in [0.4, 0.5) is 5.69 Å². The van der Waals surface area contributed by atoms with Crippen LogP contribution < -0.4 is 20.0 Å². The molecule has 0 unspecified atom stereocenters. The van der Waals surface area contributed by atoms with Crippen LogP contribution in [0.2, 0.25) is 0 Å². The number of primary sulfonamides is 1. The van der Waals surface area contributed by atoms with Crippen molar-refractivity contribution in [2.75, 3.05) is 31.1 Å². The van der Waals surface area contributed by atoms with E-state index in [1.807, 2.05) is 36.4 Å². The number of rotatable bonds is 7. The fraction of sp³-hybridized carbons (Fsp3) is 0.296. The summed E-state index contributed by atoms with van der Waals surface area (Å²) in [5, 5.41) is 7.52. The van der Waals surface area contributed by atoms with Crippen LogP contribution in [0.1, 0.15) is 27.7 Å². The summed E-state index contributed by atoms with van der Waals surface area (Å²) in [7, 11) is -3.93. The van der Waals surface area contributed by atoms with E-state index in [1.54, 1.807) is 12.1 Å². The molecule has 0 fully saturated rings. The van der Waals surface area contributed by atoms with E-state index in [0.717, 1.165) is 53.7 Å². The zero-order valence-corrected chi connectivity index (χ0v) is 21.0. The Kier molecular flexibility index (Phi) is 6.77. The van der Waals surface area contributed by atoms with Crippen molar-refractivity contribution in [1.29, 1.82) is 0 Å². The molecule has 178 valence electrons. The van der Waals surface area contributed by atoms with Crippen LogP contribution in [-0.4, -0.2) is 34.6 Å². The third-order valence-corrected chi connectivity index (χ3v) is 7.38. The van der Waals surface area contributed by atoms with Gasteiger partial charge in [-0.2, -0.15) is 0 Å². The normalized spacial score (nSPS) is 11.8. The van der Waals surface area contributed by atoms with Gasteiger partial charge in [0.15, 0.2) is 0 Å². The van der Waals surface area contributed by atoms with E-state index in [1.165, 1.54) is 0 Å². The predicted molar refractivity (Wildman–Crippen MR) is 140 cm³/mol. The number of hydrogen-bond donors (Lipinski definition) is 1. The van der Waals surface area contributed by atoms with Crippen LogP contribution in [0.25, 0.3) is 33.4 Å². The number of hydrogen-bond acceptors (Lipinski definition) is 4. The second kappa shape index (κ2) is 9.60. The maximum atomic E-state index is 12.5. The van der Waals surface area contributed by atoms with E-state index in [9.17, 15) is 8.42 Å². The Labute approximate surface area is 201 Å². The van der Waals surface area contributed by atoms with Crippen molar-refractivity contribution in [1.82, 2.24) is 4.58 Å². The molecular formula is C27H32N3O3S+. The number of benzene rings is 3. The summed E-state index contributed by atoms with van der Waals surface area (Å²) in [5.74, 6) is 0.702. The maximum absolute atomic E-state index is 12.5. The molecule has 1 aliphatic heterocycles. The third kappa shape index (κ3) is 4.33. The minimum atomic E-state index is -3.93. The number of nitrogens with zero attached hydrogens (tertiary/aromatic N) is 2. The lowest BCUT2D eigenvalue weighted by Gasteiger charge is -2.22. The molecule has 1 aliphatic carbocycles. The van der Waals surface area contributed by atoms with E-state index < -0.39 is 10.0 Å². The first-order chi connectivity index (χ1) is 16.3. The topological polar surface area (TPSA) is 79.5 Å². The first-order valence-corrected chi connectivity index (χ1v) is 13.3. The van der Waals surface area contributed by atoms with Crippen LogP contribution in [0.3, 0.4) is 0 Å². The number of nitrogens with two attached hydrogens (primary N) is 1. The Morgan fingerprint density at radius 2 is 1.59 bits per heavy atom. The largest absolute Gasteiger partial charge is 0.456 e. The molecule has 2 N–H and O–H groups in total. The molecule has 0 spiro atoms. The Morgan fingerprint density at radius 1 is 0.882 bits per heavy atom. The fourth-order valence-corrected chi connectivity index (χ4v) is 5.39. The Balaban J connectivity index is 2.16. The van der Waals surface area contributed by atoms with Crippen molar-refractivity contribution in [3.63, 3.8) is 0 Å². The molecule has 2 aromatic carbocycles. The van der Waals surface area contributed by atoms with Gasteiger partial charge in [0.25, 0.3) is 0 Å². The van der Waals surface area contributed by atoms with Gasteiger partial charge in [-0.25, -0.2) is 18.1 Å². The summed E-state index contributed by atoms with van der Waals surface area (Å²) in [6.07, 6.45) is 0. The second-order valence-corrected chi connectivity index (χ2v) is 9.75. The molecule has 2 aromatic rings. The van der Waals surface area contributed by atoms with Gasteiger partial charge in [-0.15, -0.1) is 0 Å². The minimum absolute atomic E-state index is 0.101. The summed E-state index contributed by atoms with van der Waals surface area (Å²) >= 11 is 0. The van der Waals surface area contributed by atoms with Crippen molar-refractivity contribution in [2.24, 2.45) is 5.14 Å². The van der Waals surface area contributed by atoms with Crippen LogP contribution in [0.5, 0.6) is 0 Å². The van der Waals surface area contributed by atoms with Gasteiger partial charge in [0.05, 0.1) is 11.0 Å². The summed E-state index contributed by atoms with van der Waals surface area (Å²) in [6.45, 7) is 12.0. The lowest BCUT2D eigenvalue weighted by Crippen LogP contribution is -2.29.